The van der Waals surface area contributed by atoms with E-state index in [1.807, 2.05) is 4.90 Å². The highest BCUT2D eigenvalue weighted by atomic mass is 19.4. The number of alkyl halides is 6. The van der Waals surface area contributed by atoms with Gasteiger partial charge in [-0.05, 0) is 43.9 Å². The van der Waals surface area contributed by atoms with Crippen molar-refractivity contribution in [1.29, 1.82) is 0 Å². The van der Waals surface area contributed by atoms with Crippen LogP contribution in [0.4, 0.5) is 40.8 Å². The normalized spacial score (nSPS) is 22.0. The number of nitrogens with one attached hydrogen (secondary N) is 2. The summed E-state index contributed by atoms with van der Waals surface area (Å²) in [7, 11) is 0. The molecular weight excluding hydrogens is 560 g/mol. The second kappa shape index (κ2) is 11.7. The van der Waals surface area contributed by atoms with Gasteiger partial charge in [-0.25, -0.2) is 8.78 Å². The molecule has 1 unspecified atom stereocenters. The fourth-order valence-corrected chi connectivity index (χ4v) is 6.08. The lowest BCUT2D eigenvalue weighted by Gasteiger charge is -2.41. The van der Waals surface area contributed by atoms with Crippen LogP contribution >= 0.6 is 0 Å². The van der Waals surface area contributed by atoms with Crippen LogP contribution in [0.1, 0.15) is 42.6 Å². The van der Waals surface area contributed by atoms with Crippen LogP contribution in [0.5, 0.6) is 5.75 Å². The van der Waals surface area contributed by atoms with Gasteiger partial charge < -0.3 is 19.9 Å². The lowest BCUT2D eigenvalue weighted by molar-refractivity contribution is -0.155. The molecular formula is C28H30F8N4O. The largest absolute Gasteiger partial charge is 0.434 e. The number of likely N-dealkylation sites (tertiary alicyclic amines) is 1. The summed E-state index contributed by atoms with van der Waals surface area (Å²) in [5, 5.41) is 3.44. The van der Waals surface area contributed by atoms with E-state index in [2.05, 4.69) is 10.3 Å². The molecule has 1 saturated heterocycles. The van der Waals surface area contributed by atoms with E-state index in [1.165, 1.54) is 12.1 Å². The zero-order valence-corrected chi connectivity index (χ0v) is 22.2. The van der Waals surface area contributed by atoms with E-state index in [4.69, 9.17) is 4.74 Å². The van der Waals surface area contributed by atoms with Crippen molar-refractivity contribution in [1.82, 2.24) is 14.8 Å². The van der Waals surface area contributed by atoms with E-state index in [9.17, 15) is 30.7 Å². The predicted molar refractivity (Wildman–Crippen MR) is 138 cm³/mol. The molecule has 1 fully saturated rings. The molecule has 0 aliphatic carbocycles. The molecule has 5 nitrogen and oxygen atoms in total. The SMILES string of the molecule is C[C@@H]1Cc2c([nH]c3c(F)cccc23)C(c2cc(F)c(N[C@H]3CCN(CCCF)C3)cc2OC(F)F)N1CC(F)(F)F. The average Bonchev–Trinajstić information content (AvgIpc) is 3.49. The number of anilines is 1. The maximum atomic E-state index is 15.6. The van der Waals surface area contributed by atoms with Crippen LogP contribution in [0.2, 0.25) is 0 Å². The van der Waals surface area contributed by atoms with Crippen LogP contribution in [-0.2, 0) is 6.42 Å². The van der Waals surface area contributed by atoms with Crippen LogP contribution in [0.15, 0.2) is 30.3 Å². The zero-order valence-electron chi connectivity index (χ0n) is 22.2. The van der Waals surface area contributed by atoms with Crippen LogP contribution in [-0.4, -0.2) is 72.5 Å². The van der Waals surface area contributed by atoms with Gasteiger partial charge in [0.15, 0.2) is 0 Å². The summed E-state index contributed by atoms with van der Waals surface area (Å²) in [4.78, 5) is 5.90. The third kappa shape index (κ3) is 6.25. The Hall–Kier alpha value is -3.06. The van der Waals surface area contributed by atoms with Crippen molar-refractivity contribution in [2.45, 2.75) is 57.1 Å². The van der Waals surface area contributed by atoms with E-state index in [0.29, 0.717) is 43.4 Å². The molecule has 0 spiro atoms. The Morgan fingerprint density at radius 2 is 1.93 bits per heavy atom. The predicted octanol–water partition coefficient (Wildman–Crippen LogP) is 6.79. The van der Waals surface area contributed by atoms with E-state index in [1.54, 1.807) is 13.0 Å². The van der Waals surface area contributed by atoms with Gasteiger partial charge in [-0.15, -0.1) is 0 Å². The number of hydrogen-bond donors (Lipinski definition) is 2. The van der Waals surface area contributed by atoms with Gasteiger partial charge in [-0.1, -0.05) is 12.1 Å². The molecule has 2 aliphatic rings. The van der Waals surface area contributed by atoms with E-state index in [-0.39, 0.29) is 34.9 Å². The molecule has 0 amide bonds. The third-order valence-electron chi connectivity index (χ3n) is 7.81. The number of hydrogen-bond acceptors (Lipinski definition) is 4. The monoisotopic (exact) mass is 590 g/mol. The lowest BCUT2D eigenvalue weighted by atomic mass is 9.88. The Kier molecular flexibility index (Phi) is 8.38. The number of aromatic nitrogens is 1. The van der Waals surface area contributed by atoms with Crippen LogP contribution < -0.4 is 10.1 Å². The minimum Gasteiger partial charge on any atom is -0.434 e. The highest BCUT2D eigenvalue weighted by Gasteiger charge is 2.43. The highest BCUT2D eigenvalue weighted by molar-refractivity contribution is 5.86. The van der Waals surface area contributed by atoms with Gasteiger partial charge in [-0.2, -0.15) is 22.0 Å². The van der Waals surface area contributed by atoms with Crippen LogP contribution in [0, 0.1) is 11.6 Å². The van der Waals surface area contributed by atoms with Crippen LogP contribution in [0.3, 0.4) is 0 Å². The van der Waals surface area contributed by atoms with Gasteiger partial charge >= 0.3 is 12.8 Å². The molecule has 0 saturated carbocycles. The summed E-state index contributed by atoms with van der Waals surface area (Å²) in [6.45, 7) is -2.02. The third-order valence-corrected chi connectivity index (χ3v) is 7.81. The number of nitrogens with zero attached hydrogens (tertiary/aromatic N) is 2. The van der Waals surface area contributed by atoms with Gasteiger partial charge in [0.25, 0.3) is 0 Å². The van der Waals surface area contributed by atoms with Gasteiger partial charge in [0.05, 0.1) is 30.5 Å². The summed E-state index contributed by atoms with van der Waals surface area (Å²) in [5.41, 5.74) is 0.368. The van der Waals surface area contributed by atoms with Crippen molar-refractivity contribution >= 4 is 16.6 Å². The fourth-order valence-electron chi connectivity index (χ4n) is 6.08. The number of halogens is 8. The maximum absolute atomic E-state index is 15.6. The first kappa shape index (κ1) is 29.4. The van der Waals surface area contributed by atoms with E-state index in [0.717, 1.165) is 17.0 Å². The summed E-state index contributed by atoms with van der Waals surface area (Å²) in [6.07, 6.45) is -3.58. The molecule has 2 aromatic carbocycles. The molecule has 3 atom stereocenters. The molecule has 1 aromatic heterocycles. The number of para-hydroxylation sites is 1. The second-order valence-electron chi connectivity index (χ2n) is 10.6. The zero-order chi connectivity index (χ0) is 29.5. The van der Waals surface area contributed by atoms with Crippen LogP contribution in [0.25, 0.3) is 10.9 Å². The molecule has 2 aliphatic heterocycles. The molecule has 5 rings (SSSR count). The first-order valence-corrected chi connectivity index (χ1v) is 13.4. The molecule has 3 heterocycles. The first-order valence-electron chi connectivity index (χ1n) is 13.4. The summed E-state index contributed by atoms with van der Waals surface area (Å²) in [6, 6.07) is 3.84. The van der Waals surface area contributed by atoms with E-state index >= 15 is 4.39 Å². The Morgan fingerprint density at radius 1 is 1.15 bits per heavy atom. The molecule has 13 heteroatoms. The van der Waals surface area contributed by atoms with Gasteiger partial charge in [0.2, 0.25) is 0 Å². The molecule has 2 N–H and O–H groups in total. The van der Waals surface area contributed by atoms with Crippen molar-refractivity contribution in [3.63, 3.8) is 0 Å². The molecule has 3 aromatic rings. The van der Waals surface area contributed by atoms with Gasteiger partial charge in [0, 0.05) is 54.4 Å². The topological polar surface area (TPSA) is 43.5 Å². The number of aromatic amines is 1. The number of benzene rings is 2. The van der Waals surface area contributed by atoms with Gasteiger partial charge in [-0.3, -0.25) is 9.29 Å². The first-order chi connectivity index (χ1) is 19.4. The molecule has 0 bridgehead atoms. The number of H-pyrrole nitrogens is 1. The average molecular weight is 591 g/mol. The Bertz CT molecular complexity index is 1380. The smallest absolute Gasteiger partial charge is 0.401 e. The van der Waals surface area contributed by atoms with Crippen molar-refractivity contribution < 1.29 is 39.9 Å². The summed E-state index contributed by atoms with van der Waals surface area (Å²) in [5.74, 6) is -1.98. The van der Waals surface area contributed by atoms with Crippen molar-refractivity contribution in [2.75, 3.05) is 38.2 Å². The van der Waals surface area contributed by atoms with E-state index < -0.39 is 55.5 Å². The molecule has 224 valence electrons. The highest BCUT2D eigenvalue weighted by Crippen LogP contribution is 2.46. The fraction of sp³-hybridized carbons (Fsp3) is 0.500. The Morgan fingerprint density at radius 3 is 2.63 bits per heavy atom. The Balaban J connectivity index is 1.59. The van der Waals surface area contributed by atoms with Crippen molar-refractivity contribution in [3.8, 4) is 5.75 Å². The van der Waals surface area contributed by atoms with Crippen molar-refractivity contribution in [2.24, 2.45) is 0 Å². The Labute approximate surface area is 231 Å². The summed E-state index contributed by atoms with van der Waals surface area (Å²) < 4.78 is 116. The number of fused-ring (bicyclic) bond motifs is 3. The van der Waals surface area contributed by atoms with Gasteiger partial charge in [0.1, 0.15) is 17.4 Å². The molecule has 0 radical (unpaired) electrons. The number of rotatable bonds is 9. The standard InChI is InChI=1S/C28H30F8N4O/c1-15-10-18-17-4-2-5-20(30)24(17)38-25(18)26(40(15)14-28(34,35)36)19-11-21(31)22(12-23(19)41-27(32)33)37-16-6-9-39(13-16)8-3-7-29/h2,4-5,11-12,15-16,26-27,37-38H,3,6-10,13-14H2,1H3/t15-,16+,26?/m1/s1. The number of ether oxygens (including phenoxy) is 1. The maximum Gasteiger partial charge on any atom is 0.401 e. The second-order valence-corrected chi connectivity index (χ2v) is 10.6. The summed E-state index contributed by atoms with van der Waals surface area (Å²) >= 11 is 0. The van der Waals surface area contributed by atoms with Crippen molar-refractivity contribution in [3.05, 3.63) is 58.8 Å². The molecule has 41 heavy (non-hydrogen) atoms. The quantitative estimate of drug-likeness (QED) is 0.270. The minimum absolute atomic E-state index is 0.0668. The minimum atomic E-state index is -4.67. The lowest BCUT2D eigenvalue weighted by Crippen LogP contribution is -2.47.